The first-order chi connectivity index (χ1) is 10.5. The molecule has 0 saturated carbocycles. The van der Waals surface area contributed by atoms with Crippen LogP contribution < -0.4 is 5.32 Å². The van der Waals surface area contributed by atoms with Crippen molar-refractivity contribution >= 4 is 11.9 Å². The summed E-state index contributed by atoms with van der Waals surface area (Å²) in [5.74, 6) is -0.224. The van der Waals surface area contributed by atoms with Gasteiger partial charge < -0.3 is 14.8 Å². The maximum atomic E-state index is 12.0. The summed E-state index contributed by atoms with van der Waals surface area (Å²) in [6, 6.07) is 11.3. The van der Waals surface area contributed by atoms with Crippen LogP contribution in [0.2, 0.25) is 0 Å². The van der Waals surface area contributed by atoms with Crippen LogP contribution in [0.5, 0.6) is 0 Å². The van der Waals surface area contributed by atoms with E-state index in [9.17, 15) is 9.59 Å². The molecule has 0 fully saturated rings. The van der Waals surface area contributed by atoms with E-state index in [4.69, 9.17) is 9.52 Å². The highest BCUT2D eigenvalue weighted by atomic mass is 16.4. The molecule has 0 aliphatic rings. The summed E-state index contributed by atoms with van der Waals surface area (Å²) in [5.41, 5.74) is 1.24. The second-order valence-electron chi connectivity index (χ2n) is 5.28. The Morgan fingerprint density at radius 3 is 2.55 bits per heavy atom. The van der Waals surface area contributed by atoms with Gasteiger partial charge in [-0.05, 0) is 24.5 Å². The van der Waals surface area contributed by atoms with Crippen molar-refractivity contribution in [2.75, 3.05) is 0 Å². The van der Waals surface area contributed by atoms with Gasteiger partial charge in [-0.3, -0.25) is 4.79 Å². The number of carbonyl (C=O) groups is 2. The number of nitrogens with one attached hydrogen (secondary N) is 1. The first-order valence-corrected chi connectivity index (χ1v) is 7.11. The number of hydrogen-bond donors (Lipinski definition) is 2. The molecule has 2 rings (SSSR count). The first-order valence-electron chi connectivity index (χ1n) is 7.11. The van der Waals surface area contributed by atoms with E-state index < -0.39 is 5.97 Å². The highest BCUT2D eigenvalue weighted by Gasteiger charge is 2.15. The van der Waals surface area contributed by atoms with Crippen molar-refractivity contribution in [1.29, 1.82) is 0 Å². The third-order valence-corrected chi connectivity index (χ3v) is 3.52. The summed E-state index contributed by atoms with van der Waals surface area (Å²) in [6.45, 7) is 3.77. The predicted octanol–water partition coefficient (Wildman–Crippen LogP) is 3.10. The Hall–Kier alpha value is -2.56. The molecule has 1 aromatic carbocycles. The molecule has 0 radical (unpaired) electrons. The van der Waals surface area contributed by atoms with Gasteiger partial charge in [-0.15, -0.1) is 0 Å². The number of amides is 1. The van der Waals surface area contributed by atoms with Crippen molar-refractivity contribution < 1.29 is 19.1 Å². The number of carboxylic acids is 1. The van der Waals surface area contributed by atoms with E-state index in [0.29, 0.717) is 17.9 Å². The Morgan fingerprint density at radius 2 is 1.95 bits per heavy atom. The van der Waals surface area contributed by atoms with E-state index in [0.717, 1.165) is 5.56 Å². The molecule has 1 atom stereocenters. The highest BCUT2D eigenvalue weighted by molar-refractivity contribution is 5.88. The van der Waals surface area contributed by atoms with Crippen molar-refractivity contribution in [3.8, 4) is 0 Å². The molecule has 5 nitrogen and oxygen atoms in total. The molecule has 116 valence electrons. The fourth-order valence-electron chi connectivity index (χ4n) is 2.28. The summed E-state index contributed by atoms with van der Waals surface area (Å²) in [4.78, 5) is 22.9. The molecule has 1 amide bonds. The van der Waals surface area contributed by atoms with Gasteiger partial charge in [0.2, 0.25) is 5.91 Å². The van der Waals surface area contributed by atoms with Gasteiger partial charge in [0.05, 0.1) is 6.54 Å². The van der Waals surface area contributed by atoms with E-state index in [1.54, 1.807) is 6.92 Å². The number of carbonyl (C=O) groups excluding carboxylic acids is 1. The standard InChI is InChI=1S/C17H19NO4/c1-11(13-6-4-3-5-7-13)8-16(19)18-10-14-9-15(17(20)21)12(2)22-14/h3-7,9,11H,8,10H2,1-2H3,(H,18,19)(H,20,21). The molecule has 0 aliphatic carbocycles. The van der Waals surface area contributed by atoms with Crippen molar-refractivity contribution in [2.45, 2.75) is 32.7 Å². The maximum absolute atomic E-state index is 12.0. The van der Waals surface area contributed by atoms with Crippen LogP contribution in [-0.2, 0) is 11.3 Å². The summed E-state index contributed by atoms with van der Waals surface area (Å²) in [6.07, 6.45) is 0.371. The van der Waals surface area contributed by atoms with Crippen LogP contribution in [-0.4, -0.2) is 17.0 Å². The molecule has 5 heteroatoms. The van der Waals surface area contributed by atoms with Crippen LogP contribution in [0, 0.1) is 6.92 Å². The summed E-state index contributed by atoms with van der Waals surface area (Å²) >= 11 is 0. The van der Waals surface area contributed by atoms with Gasteiger partial charge in [-0.25, -0.2) is 4.79 Å². The van der Waals surface area contributed by atoms with Crippen molar-refractivity contribution in [1.82, 2.24) is 5.32 Å². The number of aryl methyl sites for hydroxylation is 1. The summed E-state index contributed by atoms with van der Waals surface area (Å²) in [7, 11) is 0. The van der Waals surface area contributed by atoms with Gasteiger partial charge >= 0.3 is 5.97 Å². The average molecular weight is 301 g/mol. The second kappa shape index (κ2) is 6.93. The van der Waals surface area contributed by atoms with Crippen molar-refractivity contribution in [3.05, 3.63) is 59.0 Å². The van der Waals surface area contributed by atoms with Crippen LogP contribution >= 0.6 is 0 Å². The monoisotopic (exact) mass is 301 g/mol. The predicted molar refractivity (Wildman–Crippen MR) is 81.7 cm³/mol. The lowest BCUT2D eigenvalue weighted by Crippen LogP contribution is -2.23. The Morgan fingerprint density at radius 1 is 1.27 bits per heavy atom. The van der Waals surface area contributed by atoms with E-state index >= 15 is 0 Å². The van der Waals surface area contributed by atoms with E-state index in [2.05, 4.69) is 5.32 Å². The lowest BCUT2D eigenvalue weighted by Gasteiger charge is -2.11. The molecular formula is C17H19NO4. The number of aromatic carboxylic acids is 1. The van der Waals surface area contributed by atoms with E-state index in [-0.39, 0.29) is 23.9 Å². The smallest absolute Gasteiger partial charge is 0.339 e. The number of rotatable bonds is 6. The van der Waals surface area contributed by atoms with Crippen molar-refractivity contribution in [3.63, 3.8) is 0 Å². The van der Waals surface area contributed by atoms with E-state index in [1.807, 2.05) is 37.3 Å². The largest absolute Gasteiger partial charge is 0.478 e. The van der Waals surface area contributed by atoms with Crippen LogP contribution in [0.4, 0.5) is 0 Å². The van der Waals surface area contributed by atoms with E-state index in [1.165, 1.54) is 6.07 Å². The minimum absolute atomic E-state index is 0.0951. The highest BCUT2D eigenvalue weighted by Crippen LogP contribution is 2.18. The van der Waals surface area contributed by atoms with Gasteiger partial charge in [0.1, 0.15) is 17.1 Å². The normalized spacial score (nSPS) is 11.9. The van der Waals surface area contributed by atoms with Crippen LogP contribution in [0.3, 0.4) is 0 Å². The number of furan rings is 1. The Kier molecular flexibility index (Phi) is 4.99. The fraction of sp³-hybridized carbons (Fsp3) is 0.294. The second-order valence-corrected chi connectivity index (χ2v) is 5.28. The van der Waals surface area contributed by atoms with Crippen molar-refractivity contribution in [2.24, 2.45) is 0 Å². The summed E-state index contributed by atoms with van der Waals surface area (Å²) in [5, 5.41) is 11.7. The zero-order valence-corrected chi connectivity index (χ0v) is 12.6. The Balaban J connectivity index is 1.88. The van der Waals surface area contributed by atoms with Gasteiger partial charge in [0.25, 0.3) is 0 Å². The van der Waals surface area contributed by atoms with Crippen LogP contribution in [0.25, 0.3) is 0 Å². The molecule has 0 bridgehead atoms. The molecule has 1 unspecified atom stereocenters. The quantitative estimate of drug-likeness (QED) is 0.859. The minimum Gasteiger partial charge on any atom is -0.478 e. The molecule has 22 heavy (non-hydrogen) atoms. The lowest BCUT2D eigenvalue weighted by atomic mass is 9.98. The molecule has 2 N–H and O–H groups in total. The topological polar surface area (TPSA) is 79.5 Å². The fourth-order valence-corrected chi connectivity index (χ4v) is 2.28. The molecule has 1 aromatic heterocycles. The average Bonchev–Trinajstić information content (AvgIpc) is 2.87. The third kappa shape index (κ3) is 3.97. The zero-order valence-electron chi connectivity index (χ0n) is 12.6. The SMILES string of the molecule is Cc1oc(CNC(=O)CC(C)c2ccccc2)cc1C(=O)O. The number of carboxylic acid groups (broad SMARTS) is 1. The molecule has 2 aromatic rings. The molecule has 0 aliphatic heterocycles. The lowest BCUT2D eigenvalue weighted by molar-refractivity contribution is -0.121. The van der Waals surface area contributed by atoms with Gasteiger partial charge in [-0.2, -0.15) is 0 Å². The molecular weight excluding hydrogens is 282 g/mol. The summed E-state index contributed by atoms with van der Waals surface area (Å²) < 4.78 is 5.32. The van der Waals surface area contributed by atoms with Crippen LogP contribution in [0.1, 0.15) is 46.7 Å². The molecule has 0 saturated heterocycles. The molecule has 0 spiro atoms. The maximum Gasteiger partial charge on any atom is 0.339 e. The Labute approximate surface area is 129 Å². The van der Waals surface area contributed by atoms with Gasteiger partial charge in [0.15, 0.2) is 0 Å². The van der Waals surface area contributed by atoms with Crippen LogP contribution in [0.15, 0.2) is 40.8 Å². The van der Waals surface area contributed by atoms with Gasteiger partial charge in [0, 0.05) is 6.42 Å². The number of benzene rings is 1. The zero-order chi connectivity index (χ0) is 16.1. The minimum atomic E-state index is -1.03. The Bertz CT molecular complexity index is 661. The number of hydrogen-bond acceptors (Lipinski definition) is 3. The first kappa shape index (κ1) is 15.8. The third-order valence-electron chi connectivity index (χ3n) is 3.52. The van der Waals surface area contributed by atoms with Gasteiger partial charge in [-0.1, -0.05) is 37.3 Å². The molecule has 1 heterocycles.